The molecule has 0 saturated carbocycles. The number of benzene rings is 1. The van der Waals surface area contributed by atoms with Crippen LogP contribution in [0.3, 0.4) is 0 Å². The zero-order valence-corrected chi connectivity index (χ0v) is 12.4. The number of nitrogens with one attached hydrogen (secondary N) is 1. The van der Waals surface area contributed by atoms with Gasteiger partial charge in [0, 0.05) is 11.8 Å². The first-order valence-corrected chi connectivity index (χ1v) is 8.16. The standard InChI is InChI=1S/C16H25NS/c1-16(2)11-15(12-18-13-16)17-10-6-9-14-7-4-3-5-8-14/h3-5,7-8,15,17H,6,9-13H2,1-2H3. The minimum Gasteiger partial charge on any atom is -0.313 e. The minimum absolute atomic E-state index is 0.514. The normalized spacial score (nSPS) is 22.9. The molecule has 1 N–H and O–H groups in total. The monoisotopic (exact) mass is 263 g/mol. The van der Waals surface area contributed by atoms with E-state index in [0.717, 1.165) is 12.6 Å². The van der Waals surface area contributed by atoms with Gasteiger partial charge in [0.25, 0.3) is 0 Å². The summed E-state index contributed by atoms with van der Waals surface area (Å²) in [5, 5.41) is 3.73. The summed E-state index contributed by atoms with van der Waals surface area (Å²) >= 11 is 2.10. The summed E-state index contributed by atoms with van der Waals surface area (Å²) in [4.78, 5) is 0. The number of rotatable bonds is 5. The maximum absolute atomic E-state index is 3.73. The van der Waals surface area contributed by atoms with E-state index in [2.05, 4.69) is 61.3 Å². The molecule has 1 atom stereocenters. The van der Waals surface area contributed by atoms with Crippen LogP contribution in [0.4, 0.5) is 0 Å². The Kier molecular flexibility index (Phi) is 5.13. The first-order chi connectivity index (χ1) is 8.66. The third-order valence-electron chi connectivity index (χ3n) is 3.53. The van der Waals surface area contributed by atoms with Crippen LogP contribution in [0.5, 0.6) is 0 Å². The Morgan fingerprint density at radius 3 is 2.78 bits per heavy atom. The van der Waals surface area contributed by atoms with E-state index in [1.807, 2.05) is 0 Å². The summed E-state index contributed by atoms with van der Waals surface area (Å²) in [5.41, 5.74) is 1.97. The predicted octanol–water partition coefficient (Wildman–Crippen LogP) is 3.74. The highest BCUT2D eigenvalue weighted by Gasteiger charge is 2.27. The molecule has 0 radical (unpaired) electrons. The molecule has 1 aromatic rings. The summed E-state index contributed by atoms with van der Waals surface area (Å²) in [5.74, 6) is 2.60. The molecule has 0 aliphatic carbocycles. The zero-order chi connectivity index (χ0) is 12.8. The van der Waals surface area contributed by atoms with Gasteiger partial charge in [-0.3, -0.25) is 0 Å². The number of thioether (sulfide) groups is 1. The van der Waals surface area contributed by atoms with Crippen LogP contribution in [-0.2, 0) is 6.42 Å². The second-order valence-corrected chi connectivity index (χ2v) is 7.15. The fraction of sp³-hybridized carbons (Fsp3) is 0.625. The lowest BCUT2D eigenvalue weighted by Gasteiger charge is -2.35. The van der Waals surface area contributed by atoms with E-state index in [-0.39, 0.29) is 0 Å². The molecule has 1 aliphatic rings. The van der Waals surface area contributed by atoms with Gasteiger partial charge < -0.3 is 5.32 Å². The van der Waals surface area contributed by atoms with Gasteiger partial charge in [0.05, 0.1) is 0 Å². The van der Waals surface area contributed by atoms with E-state index in [9.17, 15) is 0 Å². The van der Waals surface area contributed by atoms with E-state index in [4.69, 9.17) is 0 Å². The molecule has 1 nitrogen and oxygen atoms in total. The maximum Gasteiger partial charge on any atom is 0.0163 e. The molecule has 1 saturated heterocycles. The predicted molar refractivity (Wildman–Crippen MR) is 82.3 cm³/mol. The molecule has 1 aromatic carbocycles. The van der Waals surface area contributed by atoms with Crippen LogP contribution >= 0.6 is 11.8 Å². The van der Waals surface area contributed by atoms with Gasteiger partial charge in [-0.25, -0.2) is 0 Å². The van der Waals surface area contributed by atoms with E-state index < -0.39 is 0 Å². The summed E-state index contributed by atoms with van der Waals surface area (Å²) in [6.07, 6.45) is 3.76. The van der Waals surface area contributed by atoms with Crippen LogP contribution in [-0.4, -0.2) is 24.1 Å². The van der Waals surface area contributed by atoms with Crippen LogP contribution in [0.1, 0.15) is 32.3 Å². The van der Waals surface area contributed by atoms with Crippen molar-refractivity contribution in [1.29, 1.82) is 0 Å². The highest BCUT2D eigenvalue weighted by molar-refractivity contribution is 7.99. The molecule has 1 aliphatic heterocycles. The summed E-state index contributed by atoms with van der Waals surface area (Å²) in [6, 6.07) is 11.5. The van der Waals surface area contributed by atoms with E-state index in [1.54, 1.807) is 0 Å². The Morgan fingerprint density at radius 1 is 1.28 bits per heavy atom. The van der Waals surface area contributed by atoms with Gasteiger partial charge in [0.2, 0.25) is 0 Å². The van der Waals surface area contributed by atoms with Gasteiger partial charge in [-0.15, -0.1) is 0 Å². The average molecular weight is 263 g/mol. The number of hydrogen-bond acceptors (Lipinski definition) is 2. The van der Waals surface area contributed by atoms with Gasteiger partial charge >= 0.3 is 0 Å². The minimum atomic E-state index is 0.514. The SMILES string of the molecule is CC1(C)CSCC(NCCCc2ccccc2)C1. The lowest BCUT2D eigenvalue weighted by Crippen LogP contribution is -2.40. The van der Waals surface area contributed by atoms with Gasteiger partial charge in [-0.1, -0.05) is 44.2 Å². The van der Waals surface area contributed by atoms with Crippen molar-refractivity contribution in [2.24, 2.45) is 5.41 Å². The van der Waals surface area contributed by atoms with Crippen molar-refractivity contribution < 1.29 is 0 Å². The molecule has 1 fully saturated rings. The fourth-order valence-electron chi connectivity index (χ4n) is 2.64. The Morgan fingerprint density at radius 2 is 2.06 bits per heavy atom. The van der Waals surface area contributed by atoms with Crippen molar-refractivity contribution in [2.75, 3.05) is 18.1 Å². The van der Waals surface area contributed by atoms with Crippen molar-refractivity contribution >= 4 is 11.8 Å². The van der Waals surface area contributed by atoms with Crippen molar-refractivity contribution in [3.63, 3.8) is 0 Å². The van der Waals surface area contributed by atoms with Crippen LogP contribution in [0.2, 0.25) is 0 Å². The Labute approximate surface area is 116 Å². The molecular weight excluding hydrogens is 238 g/mol. The lowest BCUT2D eigenvalue weighted by molar-refractivity contribution is 0.318. The molecule has 1 unspecified atom stereocenters. The molecule has 1 heterocycles. The highest BCUT2D eigenvalue weighted by atomic mass is 32.2. The van der Waals surface area contributed by atoms with Crippen LogP contribution in [0, 0.1) is 5.41 Å². The van der Waals surface area contributed by atoms with E-state index >= 15 is 0 Å². The zero-order valence-electron chi connectivity index (χ0n) is 11.6. The number of aryl methyl sites for hydroxylation is 1. The smallest absolute Gasteiger partial charge is 0.0163 e. The van der Waals surface area contributed by atoms with Crippen LogP contribution in [0.25, 0.3) is 0 Å². The van der Waals surface area contributed by atoms with Crippen molar-refractivity contribution in [3.8, 4) is 0 Å². The number of hydrogen-bond donors (Lipinski definition) is 1. The topological polar surface area (TPSA) is 12.0 Å². The molecule has 0 amide bonds. The second kappa shape index (κ2) is 6.63. The summed E-state index contributed by atoms with van der Waals surface area (Å²) < 4.78 is 0. The van der Waals surface area contributed by atoms with Gasteiger partial charge in [-0.2, -0.15) is 11.8 Å². The fourth-order valence-corrected chi connectivity index (χ4v) is 3.95. The summed E-state index contributed by atoms with van der Waals surface area (Å²) in [7, 11) is 0. The largest absolute Gasteiger partial charge is 0.313 e. The van der Waals surface area contributed by atoms with E-state index in [1.165, 1.54) is 36.3 Å². The van der Waals surface area contributed by atoms with Gasteiger partial charge in [-0.05, 0) is 42.5 Å². The molecule has 0 spiro atoms. The third-order valence-corrected chi connectivity index (χ3v) is 5.15. The Bertz CT molecular complexity index is 347. The quantitative estimate of drug-likeness (QED) is 0.812. The summed E-state index contributed by atoms with van der Waals surface area (Å²) in [6.45, 7) is 5.92. The molecule has 18 heavy (non-hydrogen) atoms. The average Bonchev–Trinajstić information content (AvgIpc) is 2.35. The Balaban J connectivity index is 1.64. The highest BCUT2D eigenvalue weighted by Crippen LogP contribution is 2.33. The Hall–Kier alpha value is -0.470. The van der Waals surface area contributed by atoms with Crippen molar-refractivity contribution in [3.05, 3.63) is 35.9 Å². The van der Waals surface area contributed by atoms with E-state index in [0.29, 0.717) is 5.41 Å². The molecular formula is C16H25NS. The van der Waals surface area contributed by atoms with Gasteiger partial charge in [0.1, 0.15) is 0 Å². The van der Waals surface area contributed by atoms with Crippen molar-refractivity contribution in [1.82, 2.24) is 5.32 Å². The van der Waals surface area contributed by atoms with Crippen LogP contribution < -0.4 is 5.32 Å². The van der Waals surface area contributed by atoms with Gasteiger partial charge in [0.15, 0.2) is 0 Å². The first kappa shape index (κ1) is 14.0. The molecule has 2 rings (SSSR count). The molecule has 0 bridgehead atoms. The third kappa shape index (κ3) is 4.66. The molecule has 0 aromatic heterocycles. The first-order valence-electron chi connectivity index (χ1n) is 7.01. The maximum atomic E-state index is 3.73. The molecule has 2 heteroatoms. The van der Waals surface area contributed by atoms with Crippen molar-refractivity contribution in [2.45, 2.75) is 39.2 Å². The lowest BCUT2D eigenvalue weighted by atomic mass is 9.88. The van der Waals surface area contributed by atoms with Crippen LogP contribution in [0.15, 0.2) is 30.3 Å². The molecule has 100 valence electrons. The second-order valence-electron chi connectivity index (χ2n) is 6.12.